The standard InChI is InChI=1S/C62H38N4/c1-64-58-33-28-51(66-61-36-47(43-18-10-4-11-19-43)25-31-54(61)55-32-26-48(37-62(55)66)44-20-12-5-13-21-44)39-57(58)56-38-50(27-22-49(56)40-63)65-59-34-45(41-14-6-2-7-15-41)23-29-52(59)53-30-24-46(35-60(53)65)42-16-8-3-9-17-42/h2-39H. The van der Waals surface area contributed by atoms with Crippen molar-refractivity contribution in [3.8, 4) is 73.1 Å². The Morgan fingerprint density at radius 1 is 0.333 bits per heavy atom. The minimum Gasteiger partial charge on any atom is -0.309 e. The van der Waals surface area contributed by atoms with Crippen molar-refractivity contribution in [3.05, 3.63) is 248 Å². The van der Waals surface area contributed by atoms with Gasteiger partial charge >= 0.3 is 0 Å². The first-order chi connectivity index (χ1) is 32.6. The summed E-state index contributed by atoms with van der Waals surface area (Å²) in [5, 5.41) is 15.3. The molecule has 306 valence electrons. The van der Waals surface area contributed by atoms with Crippen molar-refractivity contribution in [2.75, 3.05) is 0 Å². The van der Waals surface area contributed by atoms with Gasteiger partial charge in [0.15, 0.2) is 5.69 Å². The van der Waals surface area contributed by atoms with Crippen LogP contribution in [0.5, 0.6) is 0 Å². The molecule has 0 atom stereocenters. The van der Waals surface area contributed by atoms with Crippen LogP contribution >= 0.6 is 0 Å². The third-order valence-electron chi connectivity index (χ3n) is 13.0. The van der Waals surface area contributed by atoms with Crippen molar-refractivity contribution >= 4 is 49.3 Å². The lowest BCUT2D eigenvalue weighted by atomic mass is 9.97. The van der Waals surface area contributed by atoms with Gasteiger partial charge in [0.25, 0.3) is 0 Å². The Hall–Kier alpha value is -9.22. The summed E-state index contributed by atoms with van der Waals surface area (Å²) in [6.45, 7) is 8.47. The molecule has 0 radical (unpaired) electrons. The maximum absolute atomic E-state index is 10.8. The summed E-state index contributed by atoms with van der Waals surface area (Å²) in [6, 6.07) is 83.2. The van der Waals surface area contributed by atoms with Gasteiger partial charge in [-0.15, -0.1) is 0 Å². The topological polar surface area (TPSA) is 38.0 Å². The molecule has 2 heterocycles. The highest BCUT2D eigenvalue weighted by molar-refractivity contribution is 6.12. The van der Waals surface area contributed by atoms with Gasteiger partial charge in [-0.1, -0.05) is 176 Å². The lowest BCUT2D eigenvalue weighted by Crippen LogP contribution is -1.98. The summed E-state index contributed by atoms with van der Waals surface area (Å²) in [5.74, 6) is 0. The van der Waals surface area contributed by atoms with Crippen molar-refractivity contribution < 1.29 is 0 Å². The molecule has 0 saturated carbocycles. The Kier molecular flexibility index (Phi) is 9.23. The van der Waals surface area contributed by atoms with Crippen molar-refractivity contribution in [2.24, 2.45) is 0 Å². The van der Waals surface area contributed by atoms with E-state index in [4.69, 9.17) is 6.57 Å². The lowest BCUT2D eigenvalue weighted by Gasteiger charge is -2.16. The second kappa shape index (κ2) is 15.8. The molecule has 0 bridgehead atoms. The van der Waals surface area contributed by atoms with Crippen LogP contribution in [0.25, 0.3) is 115 Å². The summed E-state index contributed by atoms with van der Waals surface area (Å²) in [5.41, 5.74) is 17.4. The molecule has 0 aliphatic rings. The zero-order valence-corrected chi connectivity index (χ0v) is 35.7. The number of benzene rings is 10. The van der Waals surface area contributed by atoms with E-state index >= 15 is 0 Å². The molecule has 0 N–H and O–H groups in total. The summed E-state index contributed by atoms with van der Waals surface area (Å²) in [4.78, 5) is 4.08. The van der Waals surface area contributed by atoms with E-state index in [0.717, 1.165) is 99.5 Å². The summed E-state index contributed by atoms with van der Waals surface area (Å²) < 4.78 is 4.64. The Morgan fingerprint density at radius 3 is 1.00 bits per heavy atom. The Bertz CT molecular complexity index is 3470. The normalized spacial score (nSPS) is 11.3. The number of rotatable bonds is 7. The SMILES string of the molecule is [C-]#[N+]c1ccc(-n2c3cc(-c4ccccc4)ccc3c3ccc(-c4ccccc4)cc32)cc1-c1cc(-n2c3cc(-c4ccccc4)ccc3c3ccc(-c4ccccc4)cc32)ccc1C#N. The molecule has 2 aromatic heterocycles. The molecule has 0 aliphatic carbocycles. The number of hydrogen-bond donors (Lipinski definition) is 0. The predicted molar refractivity (Wildman–Crippen MR) is 273 cm³/mol. The molecule has 4 nitrogen and oxygen atoms in total. The summed E-state index contributed by atoms with van der Waals surface area (Å²) in [7, 11) is 0. The quantitative estimate of drug-likeness (QED) is 0.147. The molecule has 0 spiro atoms. The molecule has 0 saturated heterocycles. The van der Waals surface area contributed by atoms with Crippen LogP contribution in [0.4, 0.5) is 5.69 Å². The van der Waals surface area contributed by atoms with Gasteiger partial charge in [-0.05, 0) is 110 Å². The van der Waals surface area contributed by atoms with E-state index in [-0.39, 0.29) is 0 Å². The van der Waals surface area contributed by atoms with Gasteiger partial charge in [-0.25, -0.2) is 4.85 Å². The van der Waals surface area contributed by atoms with Gasteiger partial charge < -0.3 is 9.13 Å². The van der Waals surface area contributed by atoms with Gasteiger partial charge in [0.05, 0.1) is 40.3 Å². The van der Waals surface area contributed by atoms with Gasteiger partial charge in [0.1, 0.15) is 0 Å². The average molecular weight is 839 g/mol. The molecule has 10 aromatic carbocycles. The highest BCUT2D eigenvalue weighted by Gasteiger charge is 2.20. The van der Waals surface area contributed by atoms with E-state index < -0.39 is 0 Å². The highest BCUT2D eigenvalue weighted by Crippen LogP contribution is 2.43. The first-order valence-corrected chi connectivity index (χ1v) is 22.1. The zero-order valence-electron chi connectivity index (χ0n) is 35.7. The van der Waals surface area contributed by atoms with Crippen LogP contribution in [0.1, 0.15) is 5.56 Å². The smallest absolute Gasteiger partial charge is 0.195 e. The zero-order chi connectivity index (χ0) is 44.1. The number of aromatic nitrogens is 2. The van der Waals surface area contributed by atoms with Crippen LogP contribution in [0.3, 0.4) is 0 Å². The summed E-state index contributed by atoms with van der Waals surface area (Å²) in [6.07, 6.45) is 0. The van der Waals surface area contributed by atoms with Crippen LogP contribution in [-0.2, 0) is 0 Å². The van der Waals surface area contributed by atoms with Crippen molar-refractivity contribution in [1.82, 2.24) is 9.13 Å². The van der Waals surface area contributed by atoms with Gasteiger partial charge in [0.2, 0.25) is 0 Å². The van der Waals surface area contributed by atoms with Crippen molar-refractivity contribution in [1.29, 1.82) is 5.26 Å². The second-order valence-corrected chi connectivity index (χ2v) is 16.7. The van der Waals surface area contributed by atoms with E-state index in [0.29, 0.717) is 22.4 Å². The number of nitriles is 1. The fraction of sp³-hybridized carbons (Fsp3) is 0. The van der Waals surface area contributed by atoms with Crippen LogP contribution < -0.4 is 0 Å². The largest absolute Gasteiger partial charge is 0.309 e. The van der Waals surface area contributed by atoms with Crippen LogP contribution in [-0.4, -0.2) is 9.13 Å². The van der Waals surface area contributed by atoms with Gasteiger partial charge in [-0.3, -0.25) is 0 Å². The number of fused-ring (bicyclic) bond motifs is 6. The minimum atomic E-state index is 0.475. The van der Waals surface area contributed by atoms with Gasteiger partial charge in [-0.2, -0.15) is 5.26 Å². The first-order valence-electron chi connectivity index (χ1n) is 22.1. The Morgan fingerprint density at radius 2 is 0.667 bits per heavy atom. The van der Waals surface area contributed by atoms with Gasteiger partial charge in [0, 0.05) is 32.9 Å². The molecule has 0 amide bonds. The van der Waals surface area contributed by atoms with Crippen molar-refractivity contribution in [3.63, 3.8) is 0 Å². The van der Waals surface area contributed by atoms with E-state index in [1.54, 1.807) is 0 Å². The minimum absolute atomic E-state index is 0.475. The first kappa shape index (κ1) is 38.5. The molecule has 0 fully saturated rings. The van der Waals surface area contributed by atoms with Crippen molar-refractivity contribution in [2.45, 2.75) is 0 Å². The lowest BCUT2D eigenvalue weighted by molar-refractivity contribution is 1.17. The predicted octanol–water partition coefficient (Wildman–Crippen LogP) is 16.6. The van der Waals surface area contributed by atoms with E-state index in [9.17, 15) is 5.26 Å². The molecule has 0 unspecified atom stereocenters. The monoisotopic (exact) mass is 838 g/mol. The third kappa shape index (κ3) is 6.45. The fourth-order valence-corrected chi connectivity index (χ4v) is 9.80. The Balaban J connectivity index is 1.10. The highest BCUT2D eigenvalue weighted by atomic mass is 15.0. The molecule has 12 rings (SSSR count). The molecular formula is C62H38N4. The molecule has 66 heavy (non-hydrogen) atoms. The third-order valence-corrected chi connectivity index (χ3v) is 13.0. The van der Waals surface area contributed by atoms with E-state index in [1.807, 2.05) is 48.5 Å². The van der Waals surface area contributed by atoms with Crippen LogP contribution in [0.15, 0.2) is 231 Å². The van der Waals surface area contributed by atoms with Crippen LogP contribution in [0, 0.1) is 17.9 Å². The second-order valence-electron chi connectivity index (χ2n) is 16.7. The number of hydrogen-bond acceptors (Lipinski definition) is 1. The fourth-order valence-electron chi connectivity index (χ4n) is 9.80. The molecule has 4 heteroatoms. The Labute approximate surface area is 382 Å². The van der Waals surface area contributed by atoms with E-state index in [1.165, 1.54) is 0 Å². The maximum atomic E-state index is 10.8. The summed E-state index contributed by atoms with van der Waals surface area (Å²) >= 11 is 0. The van der Waals surface area contributed by atoms with E-state index in [2.05, 4.69) is 202 Å². The average Bonchev–Trinajstić information content (AvgIpc) is 3.90. The molecular weight excluding hydrogens is 801 g/mol. The number of nitrogens with zero attached hydrogens (tertiary/aromatic N) is 4. The van der Waals surface area contributed by atoms with Crippen LogP contribution in [0.2, 0.25) is 0 Å². The maximum Gasteiger partial charge on any atom is 0.195 e. The molecule has 0 aliphatic heterocycles. The molecule has 12 aromatic rings.